The van der Waals surface area contributed by atoms with E-state index in [9.17, 15) is 4.79 Å². The highest BCUT2D eigenvalue weighted by Gasteiger charge is 2.19. The van der Waals surface area contributed by atoms with Crippen LogP contribution in [0.2, 0.25) is 4.34 Å². The quantitative estimate of drug-likeness (QED) is 0.761. The number of halogens is 1. The van der Waals surface area contributed by atoms with E-state index in [0.29, 0.717) is 23.7 Å². The van der Waals surface area contributed by atoms with Crippen molar-refractivity contribution in [3.63, 3.8) is 0 Å². The molecular weight excluding hydrogens is 386 g/mol. The first-order chi connectivity index (χ1) is 13.1. The second kappa shape index (κ2) is 9.41. The minimum absolute atomic E-state index is 0.0271. The van der Waals surface area contributed by atoms with Gasteiger partial charge in [-0.1, -0.05) is 11.6 Å². The molecule has 8 heteroatoms. The maximum absolute atomic E-state index is 12.4. The molecule has 0 saturated carbocycles. The molecule has 2 aromatic rings. The van der Waals surface area contributed by atoms with Crippen LogP contribution in [-0.4, -0.2) is 62.7 Å². The van der Waals surface area contributed by atoms with Crippen LogP contribution in [-0.2, 0) is 11.3 Å². The van der Waals surface area contributed by atoms with Crippen molar-refractivity contribution in [3.05, 3.63) is 39.5 Å². The van der Waals surface area contributed by atoms with Crippen molar-refractivity contribution in [3.8, 4) is 11.5 Å². The van der Waals surface area contributed by atoms with E-state index in [1.165, 1.54) is 4.88 Å². The number of carbonyl (C=O) groups is 1. The van der Waals surface area contributed by atoms with Crippen molar-refractivity contribution in [1.82, 2.24) is 9.80 Å². The Labute approximate surface area is 168 Å². The summed E-state index contributed by atoms with van der Waals surface area (Å²) in [6.45, 7) is 4.94. The van der Waals surface area contributed by atoms with Crippen LogP contribution in [0.5, 0.6) is 11.5 Å². The van der Waals surface area contributed by atoms with Crippen LogP contribution in [0.1, 0.15) is 4.88 Å². The van der Waals surface area contributed by atoms with E-state index < -0.39 is 0 Å². The van der Waals surface area contributed by atoms with Gasteiger partial charge in [-0.25, -0.2) is 0 Å². The summed E-state index contributed by atoms with van der Waals surface area (Å²) in [4.78, 5) is 18.2. The number of piperazine rings is 1. The van der Waals surface area contributed by atoms with Crippen LogP contribution in [0.15, 0.2) is 30.3 Å². The number of amides is 1. The zero-order chi connectivity index (χ0) is 19.2. The second-order valence-electron chi connectivity index (χ2n) is 6.38. The van der Waals surface area contributed by atoms with E-state index in [1.807, 2.05) is 12.1 Å². The van der Waals surface area contributed by atoms with Gasteiger partial charge < -0.3 is 14.8 Å². The summed E-state index contributed by atoms with van der Waals surface area (Å²) in [6.07, 6.45) is 0. The van der Waals surface area contributed by atoms with Crippen molar-refractivity contribution >= 4 is 34.5 Å². The van der Waals surface area contributed by atoms with Gasteiger partial charge in [0, 0.05) is 49.4 Å². The fraction of sp³-hybridized carbons (Fsp3) is 0.421. The first-order valence-electron chi connectivity index (χ1n) is 8.78. The largest absolute Gasteiger partial charge is 0.493 e. The predicted octanol–water partition coefficient (Wildman–Crippen LogP) is 3.18. The van der Waals surface area contributed by atoms with Crippen LogP contribution in [0.4, 0.5) is 5.69 Å². The van der Waals surface area contributed by atoms with Gasteiger partial charge in [0.25, 0.3) is 0 Å². The van der Waals surface area contributed by atoms with Gasteiger partial charge in [-0.05, 0) is 24.3 Å². The molecule has 0 bridgehead atoms. The maximum Gasteiger partial charge on any atom is 0.238 e. The van der Waals surface area contributed by atoms with Gasteiger partial charge in [0.15, 0.2) is 11.5 Å². The smallest absolute Gasteiger partial charge is 0.238 e. The summed E-state index contributed by atoms with van der Waals surface area (Å²) < 4.78 is 11.3. The molecule has 0 aliphatic carbocycles. The third-order valence-electron chi connectivity index (χ3n) is 4.51. The molecule has 1 aliphatic heterocycles. The van der Waals surface area contributed by atoms with E-state index in [1.54, 1.807) is 37.7 Å². The molecule has 0 atom stereocenters. The molecule has 2 heterocycles. The lowest BCUT2D eigenvalue weighted by atomic mass is 10.2. The fourth-order valence-corrected chi connectivity index (χ4v) is 4.21. The summed E-state index contributed by atoms with van der Waals surface area (Å²) >= 11 is 7.62. The monoisotopic (exact) mass is 409 g/mol. The molecule has 1 fully saturated rings. The molecule has 1 aromatic carbocycles. The molecular formula is C19H24ClN3O3S. The Morgan fingerprint density at radius 3 is 2.41 bits per heavy atom. The van der Waals surface area contributed by atoms with E-state index in [-0.39, 0.29) is 5.91 Å². The van der Waals surface area contributed by atoms with Gasteiger partial charge in [0.2, 0.25) is 5.91 Å². The molecule has 27 heavy (non-hydrogen) atoms. The first kappa shape index (κ1) is 19.9. The van der Waals surface area contributed by atoms with Gasteiger partial charge >= 0.3 is 0 Å². The Morgan fingerprint density at radius 1 is 1.07 bits per heavy atom. The minimum atomic E-state index is -0.0271. The highest BCUT2D eigenvalue weighted by Crippen LogP contribution is 2.29. The third kappa shape index (κ3) is 5.59. The summed E-state index contributed by atoms with van der Waals surface area (Å²) in [6, 6.07) is 9.38. The molecule has 146 valence electrons. The second-order valence-corrected chi connectivity index (χ2v) is 8.18. The Balaban J connectivity index is 1.45. The van der Waals surface area contributed by atoms with Gasteiger partial charge in [0.1, 0.15) is 0 Å². The lowest BCUT2D eigenvalue weighted by Crippen LogP contribution is -2.48. The van der Waals surface area contributed by atoms with Gasteiger partial charge in [-0.15, -0.1) is 11.3 Å². The summed E-state index contributed by atoms with van der Waals surface area (Å²) in [5, 5.41) is 2.93. The minimum Gasteiger partial charge on any atom is -0.493 e. The normalized spacial score (nSPS) is 15.5. The summed E-state index contributed by atoms with van der Waals surface area (Å²) in [5.74, 6) is 1.21. The number of anilines is 1. The number of hydrogen-bond acceptors (Lipinski definition) is 6. The average molecular weight is 410 g/mol. The fourth-order valence-electron chi connectivity index (χ4n) is 3.08. The summed E-state index contributed by atoms with van der Waals surface area (Å²) in [5.41, 5.74) is 0.700. The molecule has 1 aliphatic rings. The van der Waals surface area contributed by atoms with Crippen LogP contribution < -0.4 is 14.8 Å². The van der Waals surface area contributed by atoms with E-state index in [0.717, 1.165) is 37.1 Å². The summed E-state index contributed by atoms with van der Waals surface area (Å²) in [7, 11) is 3.16. The van der Waals surface area contributed by atoms with E-state index in [2.05, 4.69) is 21.2 Å². The molecule has 0 spiro atoms. The Hall–Kier alpha value is -1.80. The molecule has 0 unspecified atom stereocenters. The lowest BCUT2D eigenvalue weighted by molar-refractivity contribution is -0.117. The van der Waals surface area contributed by atoms with Crippen LogP contribution >= 0.6 is 22.9 Å². The number of carbonyl (C=O) groups excluding carboxylic acids is 1. The molecule has 1 saturated heterocycles. The van der Waals surface area contributed by atoms with E-state index in [4.69, 9.17) is 21.1 Å². The number of benzene rings is 1. The number of nitrogens with one attached hydrogen (secondary N) is 1. The molecule has 6 nitrogen and oxygen atoms in total. The number of thiophene rings is 1. The van der Waals surface area contributed by atoms with Gasteiger partial charge in [-0.2, -0.15) is 0 Å². The number of rotatable bonds is 7. The SMILES string of the molecule is COc1ccc(NC(=O)CN2CCN(Cc3ccc(Cl)s3)CC2)cc1OC. The topological polar surface area (TPSA) is 54.0 Å². The number of hydrogen-bond donors (Lipinski definition) is 1. The lowest BCUT2D eigenvalue weighted by Gasteiger charge is -2.34. The first-order valence-corrected chi connectivity index (χ1v) is 9.97. The van der Waals surface area contributed by atoms with Gasteiger partial charge in [0.05, 0.1) is 25.1 Å². The molecule has 0 radical (unpaired) electrons. The zero-order valence-electron chi connectivity index (χ0n) is 15.5. The van der Waals surface area contributed by atoms with Crippen molar-refractivity contribution in [2.75, 3.05) is 52.3 Å². The number of nitrogens with zero attached hydrogens (tertiary/aromatic N) is 2. The number of ether oxygens (including phenoxy) is 2. The number of methoxy groups -OCH3 is 2. The zero-order valence-corrected chi connectivity index (χ0v) is 17.1. The van der Waals surface area contributed by atoms with Crippen molar-refractivity contribution in [2.45, 2.75) is 6.54 Å². The molecule has 1 aromatic heterocycles. The van der Waals surface area contributed by atoms with Crippen molar-refractivity contribution in [2.24, 2.45) is 0 Å². The van der Waals surface area contributed by atoms with Crippen LogP contribution in [0.25, 0.3) is 0 Å². The standard InChI is InChI=1S/C19H24ClN3O3S/c1-25-16-5-3-14(11-17(16)26-2)21-19(24)13-23-9-7-22(8-10-23)12-15-4-6-18(20)27-15/h3-6,11H,7-10,12-13H2,1-2H3,(H,21,24). The maximum atomic E-state index is 12.4. The average Bonchev–Trinajstić information content (AvgIpc) is 3.08. The highest BCUT2D eigenvalue weighted by atomic mass is 35.5. The molecule has 1 N–H and O–H groups in total. The van der Waals surface area contributed by atoms with Crippen molar-refractivity contribution < 1.29 is 14.3 Å². The highest BCUT2D eigenvalue weighted by molar-refractivity contribution is 7.16. The Bertz CT molecular complexity index is 775. The molecule has 1 amide bonds. The van der Waals surface area contributed by atoms with Crippen LogP contribution in [0.3, 0.4) is 0 Å². The predicted molar refractivity (Wildman–Crippen MR) is 109 cm³/mol. The Kier molecular flexibility index (Phi) is 6.95. The van der Waals surface area contributed by atoms with Crippen molar-refractivity contribution in [1.29, 1.82) is 0 Å². The molecule has 3 rings (SSSR count). The van der Waals surface area contributed by atoms with Gasteiger partial charge in [-0.3, -0.25) is 14.6 Å². The Morgan fingerprint density at radius 2 is 1.78 bits per heavy atom. The van der Waals surface area contributed by atoms with Crippen LogP contribution in [0, 0.1) is 0 Å². The van der Waals surface area contributed by atoms with E-state index >= 15 is 0 Å². The third-order valence-corrected chi connectivity index (χ3v) is 5.72.